The van der Waals surface area contributed by atoms with Crippen LogP contribution in [-0.2, 0) is 9.53 Å². The standard InChI is InChI=1S/C12H14N2O6S/c1-12(2,3)20-9(15)6-21-10-8(14(18)19)4-7(5-13-10)11(16)17/h4-5H,6H2,1-3H3,(H,16,17). The molecule has 0 amide bonds. The van der Waals surface area contributed by atoms with Gasteiger partial charge in [0.2, 0.25) is 0 Å². The molecule has 114 valence electrons. The molecule has 0 spiro atoms. The maximum absolute atomic E-state index is 11.6. The minimum absolute atomic E-state index is 0.0316. The maximum atomic E-state index is 11.6. The molecule has 0 unspecified atom stereocenters. The molecule has 0 saturated carbocycles. The number of carbonyl (C=O) groups is 2. The Balaban J connectivity index is 2.86. The lowest BCUT2D eigenvalue weighted by Gasteiger charge is -2.19. The first-order valence-corrected chi connectivity index (χ1v) is 6.81. The SMILES string of the molecule is CC(C)(C)OC(=O)CSc1ncc(C(=O)O)cc1[N+](=O)[O-]. The van der Waals surface area contributed by atoms with E-state index in [1.807, 2.05) is 0 Å². The second-order valence-electron chi connectivity index (χ2n) is 4.99. The first-order chi connectivity index (χ1) is 9.60. The molecule has 0 aliphatic carbocycles. The maximum Gasteiger partial charge on any atom is 0.337 e. The average molecular weight is 314 g/mol. The molecule has 1 aromatic rings. The van der Waals surface area contributed by atoms with E-state index < -0.39 is 28.2 Å². The number of ether oxygens (including phenoxy) is 1. The van der Waals surface area contributed by atoms with E-state index in [-0.39, 0.29) is 16.3 Å². The summed E-state index contributed by atoms with van der Waals surface area (Å²) >= 11 is 0.824. The van der Waals surface area contributed by atoms with Crippen LogP contribution in [0.25, 0.3) is 0 Å². The van der Waals surface area contributed by atoms with Gasteiger partial charge in [0.15, 0.2) is 5.03 Å². The van der Waals surface area contributed by atoms with Crippen molar-refractivity contribution in [3.63, 3.8) is 0 Å². The molecule has 0 radical (unpaired) electrons. The highest BCUT2D eigenvalue weighted by molar-refractivity contribution is 8.00. The van der Waals surface area contributed by atoms with Crippen LogP contribution in [0.4, 0.5) is 5.69 Å². The number of nitrogens with zero attached hydrogens (tertiary/aromatic N) is 2. The normalized spacial score (nSPS) is 11.0. The van der Waals surface area contributed by atoms with Gasteiger partial charge in [0.05, 0.1) is 16.2 Å². The summed E-state index contributed by atoms with van der Waals surface area (Å²) in [6, 6.07) is 0.909. The van der Waals surface area contributed by atoms with Crippen molar-refractivity contribution in [2.75, 3.05) is 5.75 Å². The molecule has 0 atom stereocenters. The van der Waals surface area contributed by atoms with Gasteiger partial charge in [-0.25, -0.2) is 9.78 Å². The fraction of sp³-hybridized carbons (Fsp3) is 0.417. The average Bonchev–Trinajstić information content (AvgIpc) is 2.33. The molecule has 1 N–H and O–H groups in total. The Morgan fingerprint density at radius 3 is 2.57 bits per heavy atom. The second kappa shape index (κ2) is 6.53. The quantitative estimate of drug-likeness (QED) is 0.380. The molecule has 8 nitrogen and oxygen atoms in total. The summed E-state index contributed by atoms with van der Waals surface area (Å²) in [5, 5.41) is 19.7. The minimum atomic E-state index is -1.31. The summed E-state index contributed by atoms with van der Waals surface area (Å²) in [5.41, 5.74) is -1.39. The minimum Gasteiger partial charge on any atom is -0.478 e. The first kappa shape index (κ1) is 16.9. The molecular weight excluding hydrogens is 300 g/mol. The van der Waals surface area contributed by atoms with Gasteiger partial charge >= 0.3 is 17.6 Å². The topological polar surface area (TPSA) is 120 Å². The van der Waals surface area contributed by atoms with Gasteiger partial charge in [-0.2, -0.15) is 0 Å². The smallest absolute Gasteiger partial charge is 0.337 e. The van der Waals surface area contributed by atoms with Crippen LogP contribution < -0.4 is 0 Å². The molecule has 0 fully saturated rings. The molecule has 0 aliphatic heterocycles. The number of hydrogen-bond donors (Lipinski definition) is 1. The predicted molar refractivity (Wildman–Crippen MR) is 74.4 cm³/mol. The van der Waals surface area contributed by atoms with Gasteiger partial charge in [0.25, 0.3) is 0 Å². The van der Waals surface area contributed by atoms with Crippen molar-refractivity contribution < 1.29 is 24.4 Å². The number of nitro groups is 1. The van der Waals surface area contributed by atoms with E-state index in [9.17, 15) is 19.7 Å². The zero-order chi connectivity index (χ0) is 16.2. The van der Waals surface area contributed by atoms with Gasteiger partial charge in [-0.05, 0) is 20.8 Å². The number of aromatic nitrogens is 1. The highest BCUT2D eigenvalue weighted by Gasteiger charge is 2.22. The van der Waals surface area contributed by atoms with E-state index in [2.05, 4.69) is 4.98 Å². The number of esters is 1. The number of carboxylic acids is 1. The Hall–Kier alpha value is -2.16. The van der Waals surface area contributed by atoms with Crippen molar-refractivity contribution in [3.8, 4) is 0 Å². The van der Waals surface area contributed by atoms with Crippen LogP contribution in [0.3, 0.4) is 0 Å². The molecule has 0 aromatic carbocycles. The third-order valence-corrected chi connectivity index (χ3v) is 2.99. The highest BCUT2D eigenvalue weighted by Crippen LogP contribution is 2.28. The van der Waals surface area contributed by atoms with Gasteiger partial charge < -0.3 is 9.84 Å². The number of hydrogen-bond acceptors (Lipinski definition) is 7. The number of carbonyl (C=O) groups excluding carboxylic acids is 1. The Morgan fingerprint density at radius 2 is 2.10 bits per heavy atom. The van der Waals surface area contributed by atoms with E-state index in [1.54, 1.807) is 20.8 Å². The van der Waals surface area contributed by atoms with Crippen LogP contribution in [-0.4, -0.2) is 38.3 Å². The van der Waals surface area contributed by atoms with Crippen LogP contribution in [0.2, 0.25) is 0 Å². The third kappa shape index (κ3) is 5.38. The third-order valence-electron chi connectivity index (χ3n) is 2.02. The van der Waals surface area contributed by atoms with Gasteiger partial charge in [-0.15, -0.1) is 0 Å². The summed E-state index contributed by atoms with van der Waals surface area (Å²) in [6.07, 6.45) is 1.01. The van der Waals surface area contributed by atoms with E-state index in [0.29, 0.717) is 0 Å². The van der Waals surface area contributed by atoms with Crippen LogP contribution >= 0.6 is 11.8 Å². The summed E-state index contributed by atoms with van der Waals surface area (Å²) in [6.45, 7) is 5.12. The Morgan fingerprint density at radius 1 is 1.48 bits per heavy atom. The number of aromatic carboxylic acids is 1. The molecule has 21 heavy (non-hydrogen) atoms. The predicted octanol–water partition coefficient (Wildman–Crippen LogP) is 2.12. The van der Waals surface area contributed by atoms with E-state index in [0.717, 1.165) is 24.0 Å². The fourth-order valence-electron chi connectivity index (χ4n) is 1.30. The van der Waals surface area contributed by atoms with E-state index in [1.165, 1.54) is 0 Å². The van der Waals surface area contributed by atoms with Crippen LogP contribution in [0, 0.1) is 10.1 Å². The molecule has 1 rings (SSSR count). The summed E-state index contributed by atoms with van der Waals surface area (Å²) in [4.78, 5) is 36.2. The summed E-state index contributed by atoms with van der Waals surface area (Å²) in [7, 11) is 0. The number of pyridine rings is 1. The monoisotopic (exact) mass is 314 g/mol. The molecule has 1 aromatic heterocycles. The Kier molecular flexibility index (Phi) is 5.25. The molecular formula is C12H14N2O6S. The largest absolute Gasteiger partial charge is 0.478 e. The van der Waals surface area contributed by atoms with Gasteiger partial charge in [-0.1, -0.05) is 11.8 Å². The van der Waals surface area contributed by atoms with Crippen molar-refractivity contribution in [2.24, 2.45) is 0 Å². The second-order valence-corrected chi connectivity index (χ2v) is 5.95. The summed E-state index contributed by atoms with van der Waals surface area (Å²) < 4.78 is 5.07. The zero-order valence-corrected chi connectivity index (χ0v) is 12.5. The number of carboxylic acid groups (broad SMARTS) is 1. The molecule has 1 heterocycles. The van der Waals surface area contributed by atoms with Gasteiger partial charge in [0, 0.05) is 12.3 Å². The lowest BCUT2D eigenvalue weighted by atomic mass is 10.2. The van der Waals surface area contributed by atoms with Crippen molar-refractivity contribution in [1.82, 2.24) is 4.98 Å². The molecule has 0 saturated heterocycles. The Labute approximate surface area is 124 Å². The fourth-order valence-corrected chi connectivity index (χ4v) is 2.02. The van der Waals surface area contributed by atoms with Crippen LogP contribution in [0.1, 0.15) is 31.1 Å². The van der Waals surface area contributed by atoms with Crippen molar-refractivity contribution in [1.29, 1.82) is 0 Å². The van der Waals surface area contributed by atoms with Gasteiger partial charge in [0.1, 0.15) is 5.60 Å². The molecule has 9 heteroatoms. The van der Waals surface area contributed by atoms with Crippen molar-refractivity contribution in [2.45, 2.75) is 31.4 Å². The lowest BCUT2D eigenvalue weighted by molar-refractivity contribution is -0.388. The number of thioether (sulfide) groups is 1. The number of rotatable bonds is 5. The molecule has 0 bridgehead atoms. The zero-order valence-electron chi connectivity index (χ0n) is 11.7. The van der Waals surface area contributed by atoms with Crippen molar-refractivity contribution >= 4 is 29.4 Å². The van der Waals surface area contributed by atoms with E-state index >= 15 is 0 Å². The first-order valence-electron chi connectivity index (χ1n) is 5.82. The Bertz CT molecular complexity index is 582. The highest BCUT2D eigenvalue weighted by atomic mass is 32.2. The van der Waals surface area contributed by atoms with Crippen LogP contribution in [0.15, 0.2) is 17.3 Å². The van der Waals surface area contributed by atoms with Gasteiger partial charge in [-0.3, -0.25) is 14.9 Å². The lowest BCUT2D eigenvalue weighted by Crippen LogP contribution is -2.25. The van der Waals surface area contributed by atoms with Crippen LogP contribution in [0.5, 0.6) is 0 Å². The van der Waals surface area contributed by atoms with Crippen molar-refractivity contribution in [3.05, 3.63) is 27.9 Å². The molecule has 0 aliphatic rings. The summed E-state index contributed by atoms with van der Waals surface area (Å²) in [5.74, 6) is -2.00. The van der Waals surface area contributed by atoms with E-state index in [4.69, 9.17) is 9.84 Å².